The van der Waals surface area contributed by atoms with Crippen LogP contribution in [-0.4, -0.2) is 29.0 Å². The SMILES string of the molecule is CCCc1ccc2[nH]c3c(c2c1)CCN1CC(CC(C)CC)CC3C1C. The molecule has 0 aliphatic carbocycles. The van der Waals surface area contributed by atoms with Crippen molar-refractivity contribution in [1.82, 2.24) is 9.88 Å². The molecular weight excluding hydrogens is 316 g/mol. The highest BCUT2D eigenvalue weighted by Crippen LogP contribution is 2.43. The van der Waals surface area contributed by atoms with E-state index in [9.17, 15) is 0 Å². The van der Waals surface area contributed by atoms with Crippen LogP contribution in [0.5, 0.6) is 0 Å². The number of hydrogen-bond donors (Lipinski definition) is 1. The number of hydrogen-bond acceptors (Lipinski definition) is 1. The number of H-pyrrole nitrogens is 1. The first-order valence-corrected chi connectivity index (χ1v) is 11.0. The molecule has 1 fully saturated rings. The van der Waals surface area contributed by atoms with Crippen LogP contribution in [0.25, 0.3) is 10.9 Å². The van der Waals surface area contributed by atoms with Crippen LogP contribution in [0.1, 0.15) is 76.1 Å². The van der Waals surface area contributed by atoms with Crippen molar-refractivity contribution in [3.05, 3.63) is 35.0 Å². The molecule has 2 aliphatic rings. The second-order valence-electron chi connectivity index (χ2n) is 9.09. The Balaban J connectivity index is 1.69. The molecule has 2 aliphatic heterocycles. The van der Waals surface area contributed by atoms with Crippen molar-refractivity contribution in [2.24, 2.45) is 11.8 Å². The van der Waals surface area contributed by atoms with Crippen molar-refractivity contribution in [3.63, 3.8) is 0 Å². The number of fused-ring (bicyclic) bond motifs is 6. The lowest BCUT2D eigenvalue weighted by Gasteiger charge is -2.42. The van der Waals surface area contributed by atoms with Gasteiger partial charge in [-0.1, -0.05) is 39.7 Å². The minimum absolute atomic E-state index is 0.674. The number of aromatic nitrogens is 1. The van der Waals surface area contributed by atoms with E-state index < -0.39 is 0 Å². The maximum absolute atomic E-state index is 3.87. The Labute approximate surface area is 159 Å². The van der Waals surface area contributed by atoms with Gasteiger partial charge in [-0.15, -0.1) is 0 Å². The molecule has 2 nitrogen and oxygen atoms in total. The van der Waals surface area contributed by atoms with Crippen LogP contribution in [0.15, 0.2) is 18.2 Å². The molecule has 0 amide bonds. The van der Waals surface area contributed by atoms with E-state index in [2.05, 4.69) is 55.8 Å². The van der Waals surface area contributed by atoms with Crippen LogP contribution in [0.2, 0.25) is 0 Å². The second kappa shape index (κ2) is 7.38. The molecule has 2 bridgehead atoms. The van der Waals surface area contributed by atoms with Gasteiger partial charge in [0.05, 0.1) is 0 Å². The van der Waals surface area contributed by atoms with Gasteiger partial charge in [0.15, 0.2) is 0 Å². The molecule has 4 rings (SSSR count). The van der Waals surface area contributed by atoms with Gasteiger partial charge in [0, 0.05) is 41.6 Å². The zero-order chi connectivity index (χ0) is 18.3. The maximum Gasteiger partial charge on any atom is 0.0459 e. The van der Waals surface area contributed by atoms with E-state index in [1.807, 2.05) is 0 Å². The smallest absolute Gasteiger partial charge is 0.0459 e. The lowest BCUT2D eigenvalue weighted by molar-refractivity contribution is 0.0921. The number of aromatic amines is 1. The molecule has 0 spiro atoms. The summed E-state index contributed by atoms with van der Waals surface area (Å²) in [6.45, 7) is 12.1. The van der Waals surface area contributed by atoms with Crippen LogP contribution < -0.4 is 0 Å². The van der Waals surface area contributed by atoms with E-state index in [-0.39, 0.29) is 0 Å². The first-order valence-electron chi connectivity index (χ1n) is 11.0. The van der Waals surface area contributed by atoms with Crippen LogP contribution in [-0.2, 0) is 12.8 Å². The molecule has 1 aromatic heterocycles. The maximum atomic E-state index is 3.87. The summed E-state index contributed by atoms with van der Waals surface area (Å²) in [5.41, 5.74) is 6.05. The second-order valence-corrected chi connectivity index (χ2v) is 9.09. The van der Waals surface area contributed by atoms with E-state index in [4.69, 9.17) is 0 Å². The predicted octanol–water partition coefficient (Wildman–Crippen LogP) is 5.91. The number of rotatable bonds is 5. The molecule has 2 aromatic rings. The summed E-state index contributed by atoms with van der Waals surface area (Å²) in [6, 6.07) is 7.80. The predicted molar refractivity (Wildman–Crippen MR) is 112 cm³/mol. The topological polar surface area (TPSA) is 19.0 Å². The summed E-state index contributed by atoms with van der Waals surface area (Å²) in [7, 11) is 0. The molecule has 3 heterocycles. The standard InChI is InChI=1S/C24H36N2/c1-5-7-18-8-9-23-22(13-18)20-10-11-26-15-19(12-16(3)6-2)14-21(17(26)4)24(20)25-23/h8-9,13,16-17,19,21,25H,5-7,10-12,14-15H2,1-4H3. The number of benzene rings is 1. The molecule has 0 saturated carbocycles. The van der Waals surface area contributed by atoms with Gasteiger partial charge >= 0.3 is 0 Å². The molecule has 1 aromatic carbocycles. The third-order valence-corrected chi connectivity index (χ3v) is 7.23. The Morgan fingerprint density at radius 3 is 2.88 bits per heavy atom. The van der Waals surface area contributed by atoms with Crippen molar-refractivity contribution < 1.29 is 0 Å². The fourth-order valence-corrected chi connectivity index (χ4v) is 5.54. The van der Waals surface area contributed by atoms with Gasteiger partial charge in [-0.25, -0.2) is 0 Å². The Bertz CT molecular complexity index is 759. The Kier molecular flexibility index (Phi) is 5.14. The average Bonchev–Trinajstić information content (AvgIpc) is 2.97. The van der Waals surface area contributed by atoms with Crippen molar-refractivity contribution in [2.75, 3.05) is 13.1 Å². The van der Waals surface area contributed by atoms with Crippen LogP contribution in [0, 0.1) is 11.8 Å². The first-order chi connectivity index (χ1) is 12.6. The van der Waals surface area contributed by atoms with Crippen molar-refractivity contribution in [2.45, 2.75) is 78.2 Å². The third-order valence-electron chi connectivity index (χ3n) is 7.23. The van der Waals surface area contributed by atoms with E-state index in [0.29, 0.717) is 12.0 Å². The van der Waals surface area contributed by atoms with Gasteiger partial charge < -0.3 is 4.98 Å². The highest BCUT2D eigenvalue weighted by Gasteiger charge is 2.38. The Hall–Kier alpha value is -1.28. The number of nitrogens with zero attached hydrogens (tertiary/aromatic N) is 1. The lowest BCUT2D eigenvalue weighted by atomic mass is 9.78. The quantitative estimate of drug-likeness (QED) is 0.709. The van der Waals surface area contributed by atoms with Gasteiger partial charge in [-0.2, -0.15) is 0 Å². The van der Waals surface area contributed by atoms with Gasteiger partial charge in [-0.05, 0) is 67.7 Å². The first kappa shape index (κ1) is 18.1. The summed E-state index contributed by atoms with van der Waals surface area (Å²) < 4.78 is 0. The molecule has 1 N–H and O–H groups in total. The van der Waals surface area contributed by atoms with Crippen LogP contribution in [0.3, 0.4) is 0 Å². The van der Waals surface area contributed by atoms with Gasteiger partial charge in [0.25, 0.3) is 0 Å². The molecule has 1 saturated heterocycles. The summed E-state index contributed by atoms with van der Waals surface area (Å²) in [5, 5.41) is 1.50. The molecule has 26 heavy (non-hydrogen) atoms. The Morgan fingerprint density at radius 2 is 2.12 bits per heavy atom. The lowest BCUT2D eigenvalue weighted by Crippen LogP contribution is -2.46. The summed E-state index contributed by atoms with van der Waals surface area (Å²) >= 11 is 0. The monoisotopic (exact) mass is 352 g/mol. The van der Waals surface area contributed by atoms with Crippen molar-refractivity contribution >= 4 is 10.9 Å². The van der Waals surface area contributed by atoms with Crippen LogP contribution >= 0.6 is 0 Å². The van der Waals surface area contributed by atoms with E-state index in [1.165, 1.54) is 68.1 Å². The average molecular weight is 353 g/mol. The molecule has 0 radical (unpaired) electrons. The van der Waals surface area contributed by atoms with E-state index >= 15 is 0 Å². The number of aryl methyl sites for hydroxylation is 1. The van der Waals surface area contributed by atoms with Crippen molar-refractivity contribution in [3.8, 4) is 0 Å². The summed E-state index contributed by atoms with van der Waals surface area (Å²) in [6.07, 6.45) is 7.70. The highest BCUT2D eigenvalue weighted by atomic mass is 15.2. The summed E-state index contributed by atoms with van der Waals surface area (Å²) in [4.78, 5) is 6.66. The van der Waals surface area contributed by atoms with Crippen molar-refractivity contribution in [1.29, 1.82) is 0 Å². The largest absolute Gasteiger partial charge is 0.358 e. The number of nitrogens with one attached hydrogen (secondary N) is 1. The van der Waals surface area contributed by atoms with E-state index in [0.717, 1.165) is 11.8 Å². The zero-order valence-corrected chi connectivity index (χ0v) is 17.1. The minimum Gasteiger partial charge on any atom is -0.358 e. The highest BCUT2D eigenvalue weighted by molar-refractivity contribution is 5.86. The number of piperidine rings is 1. The van der Waals surface area contributed by atoms with Gasteiger partial charge in [0.1, 0.15) is 0 Å². The van der Waals surface area contributed by atoms with Gasteiger partial charge in [-0.3, -0.25) is 4.90 Å². The molecular formula is C24H36N2. The fourth-order valence-electron chi connectivity index (χ4n) is 5.54. The normalized spacial score (nSPS) is 29.4. The summed E-state index contributed by atoms with van der Waals surface area (Å²) in [5.74, 6) is 2.40. The molecule has 5 unspecified atom stereocenters. The third kappa shape index (κ3) is 3.22. The zero-order valence-electron chi connectivity index (χ0n) is 17.1. The Morgan fingerprint density at radius 1 is 1.27 bits per heavy atom. The molecule has 2 heteroatoms. The van der Waals surface area contributed by atoms with Crippen LogP contribution in [0.4, 0.5) is 0 Å². The molecule has 5 atom stereocenters. The molecule has 142 valence electrons. The fraction of sp³-hybridized carbons (Fsp3) is 0.667. The van der Waals surface area contributed by atoms with Gasteiger partial charge in [0.2, 0.25) is 0 Å². The minimum atomic E-state index is 0.674. The van der Waals surface area contributed by atoms with E-state index in [1.54, 1.807) is 11.3 Å².